The molecule has 4 aromatic heterocycles. The lowest BCUT2D eigenvalue weighted by molar-refractivity contribution is 0.109. The molecule has 1 aliphatic heterocycles. The Hall–Kier alpha value is -4.09. The number of rotatable bonds is 6. The fourth-order valence-electron chi connectivity index (χ4n) is 6.17. The number of fused-ring (bicyclic) bond motifs is 2. The molecule has 5 heterocycles. The van der Waals surface area contributed by atoms with Crippen molar-refractivity contribution in [3.05, 3.63) is 48.7 Å². The van der Waals surface area contributed by atoms with Gasteiger partial charge in [0.25, 0.3) is 0 Å². The molecule has 1 unspecified atom stereocenters. The Morgan fingerprint density at radius 2 is 1.85 bits per heavy atom. The number of pyridine rings is 2. The summed E-state index contributed by atoms with van der Waals surface area (Å²) in [7, 11) is 2.13. The second kappa shape index (κ2) is 10.7. The van der Waals surface area contributed by atoms with Crippen molar-refractivity contribution in [2.45, 2.75) is 38.3 Å². The third-order valence-electron chi connectivity index (χ3n) is 8.53. The van der Waals surface area contributed by atoms with Gasteiger partial charge in [0.05, 0.1) is 40.2 Å². The summed E-state index contributed by atoms with van der Waals surface area (Å²) in [5.74, 6) is 0.193. The number of aromatic amines is 2. The fraction of sp³-hybridized carbons (Fsp3) is 0.400. The van der Waals surface area contributed by atoms with Gasteiger partial charge in [-0.3, -0.25) is 15.1 Å². The van der Waals surface area contributed by atoms with Crippen molar-refractivity contribution in [3.63, 3.8) is 0 Å². The van der Waals surface area contributed by atoms with Gasteiger partial charge >= 0.3 is 0 Å². The van der Waals surface area contributed by atoms with Gasteiger partial charge in [-0.2, -0.15) is 5.10 Å². The molecule has 4 N–H and O–H groups in total. The summed E-state index contributed by atoms with van der Waals surface area (Å²) >= 11 is 0. The van der Waals surface area contributed by atoms with Gasteiger partial charge in [0.1, 0.15) is 23.1 Å². The van der Waals surface area contributed by atoms with E-state index in [2.05, 4.69) is 53.4 Å². The Labute approximate surface area is 237 Å². The van der Waals surface area contributed by atoms with Crippen LogP contribution in [0.1, 0.15) is 32.1 Å². The van der Waals surface area contributed by atoms with E-state index in [0.29, 0.717) is 33.7 Å². The van der Waals surface area contributed by atoms with Crippen LogP contribution < -0.4 is 10.2 Å². The first-order valence-electron chi connectivity index (χ1n) is 14.4. The summed E-state index contributed by atoms with van der Waals surface area (Å²) < 4.78 is 16.2. The molecule has 1 atom stereocenters. The molecular formula is C30H34FN9O. The van der Waals surface area contributed by atoms with Crippen LogP contribution in [0.2, 0.25) is 0 Å². The summed E-state index contributed by atoms with van der Waals surface area (Å²) in [4.78, 5) is 21.6. The third kappa shape index (κ3) is 4.89. The van der Waals surface area contributed by atoms with E-state index >= 15 is 4.39 Å². The average molecular weight is 556 g/mol. The van der Waals surface area contributed by atoms with Crippen LogP contribution in [-0.2, 0) is 0 Å². The maximum absolute atomic E-state index is 16.2. The van der Waals surface area contributed by atoms with Gasteiger partial charge in [0, 0.05) is 43.9 Å². The Morgan fingerprint density at radius 3 is 2.68 bits per heavy atom. The minimum atomic E-state index is -0.670. The van der Waals surface area contributed by atoms with Crippen LogP contribution in [0, 0.1) is 11.7 Å². The lowest BCUT2D eigenvalue weighted by Gasteiger charge is -2.34. The number of benzene rings is 1. The highest BCUT2D eigenvalue weighted by molar-refractivity contribution is 5.97. The molecule has 1 aliphatic carbocycles. The highest BCUT2D eigenvalue weighted by atomic mass is 19.1. The van der Waals surface area contributed by atoms with Crippen molar-refractivity contribution in [2.24, 2.45) is 5.92 Å². The smallest absolute Gasteiger partial charge is 0.161 e. The van der Waals surface area contributed by atoms with E-state index in [9.17, 15) is 5.11 Å². The number of aromatic nitrogens is 6. The van der Waals surface area contributed by atoms with Crippen molar-refractivity contribution in [3.8, 4) is 22.8 Å². The molecule has 2 aliphatic rings. The highest BCUT2D eigenvalue weighted by Gasteiger charge is 2.24. The number of aliphatic hydroxyl groups is 1. The van der Waals surface area contributed by atoms with Gasteiger partial charge in [-0.15, -0.1) is 0 Å². The van der Waals surface area contributed by atoms with E-state index in [4.69, 9.17) is 4.98 Å². The monoisotopic (exact) mass is 555 g/mol. The number of aliphatic hydroxyl groups excluding tert-OH is 1. The number of piperazine rings is 1. The maximum Gasteiger partial charge on any atom is 0.161 e. The van der Waals surface area contributed by atoms with Crippen molar-refractivity contribution < 1.29 is 9.50 Å². The molecule has 1 saturated carbocycles. The summed E-state index contributed by atoms with van der Waals surface area (Å²) in [6.07, 6.45) is 9.61. The molecule has 0 spiro atoms. The van der Waals surface area contributed by atoms with Gasteiger partial charge in [0.15, 0.2) is 11.6 Å². The van der Waals surface area contributed by atoms with Crippen molar-refractivity contribution in [1.29, 1.82) is 0 Å². The second-order valence-corrected chi connectivity index (χ2v) is 11.3. The standard InChI is InChI=1S/C30H34FN9O/c1-39-10-12-40(13-11-39)23-9-5-8-21-27(23)36-29(35-21)28-24-22(37-38-28)17-33-26(25(24)31)19-14-20(16-32-15-19)34-30(41)18-6-3-2-4-7-18/h5,8-9,14-18,30,34,41H,2-4,6-7,10-13H2,1H3,(H,35,36)(H,37,38). The number of para-hydroxylation sites is 1. The van der Waals surface area contributed by atoms with Crippen LogP contribution >= 0.6 is 0 Å². The first kappa shape index (κ1) is 25.8. The molecule has 7 rings (SSSR count). The second-order valence-electron chi connectivity index (χ2n) is 11.3. The van der Waals surface area contributed by atoms with Gasteiger partial charge in [-0.25, -0.2) is 9.37 Å². The molecular weight excluding hydrogens is 521 g/mol. The fourth-order valence-corrected chi connectivity index (χ4v) is 6.17. The van der Waals surface area contributed by atoms with Crippen molar-refractivity contribution >= 4 is 33.3 Å². The van der Waals surface area contributed by atoms with Crippen LogP contribution in [0.5, 0.6) is 0 Å². The predicted molar refractivity (Wildman–Crippen MR) is 158 cm³/mol. The van der Waals surface area contributed by atoms with E-state index in [1.165, 1.54) is 6.42 Å². The van der Waals surface area contributed by atoms with Crippen LogP contribution in [0.3, 0.4) is 0 Å². The molecule has 0 radical (unpaired) electrons. The molecule has 1 saturated heterocycles. The maximum atomic E-state index is 16.2. The Balaban J connectivity index is 1.22. The molecule has 0 amide bonds. The lowest BCUT2D eigenvalue weighted by atomic mass is 9.88. The summed E-state index contributed by atoms with van der Waals surface area (Å²) in [5.41, 5.74) is 4.97. The number of nitrogens with zero attached hydrogens (tertiary/aromatic N) is 6. The van der Waals surface area contributed by atoms with E-state index in [1.54, 1.807) is 24.7 Å². The molecule has 212 valence electrons. The summed E-state index contributed by atoms with van der Waals surface area (Å²) in [6, 6.07) is 7.86. The van der Waals surface area contributed by atoms with Crippen LogP contribution in [0.25, 0.3) is 44.7 Å². The van der Waals surface area contributed by atoms with E-state index in [-0.39, 0.29) is 11.6 Å². The molecule has 11 heteroatoms. The predicted octanol–water partition coefficient (Wildman–Crippen LogP) is 4.76. The molecule has 10 nitrogen and oxygen atoms in total. The summed E-state index contributed by atoms with van der Waals surface area (Å²) in [5, 5.41) is 21.6. The molecule has 5 aromatic rings. The van der Waals surface area contributed by atoms with Gasteiger partial charge in [-0.05, 0) is 38.1 Å². The average Bonchev–Trinajstić information content (AvgIpc) is 3.63. The number of hydrogen-bond acceptors (Lipinski definition) is 8. The number of nitrogens with one attached hydrogen (secondary N) is 3. The molecule has 1 aromatic carbocycles. The van der Waals surface area contributed by atoms with Crippen LogP contribution in [0.15, 0.2) is 42.9 Å². The minimum Gasteiger partial charge on any atom is -0.374 e. The number of hydrogen-bond donors (Lipinski definition) is 4. The Bertz CT molecular complexity index is 1680. The first-order chi connectivity index (χ1) is 20.0. The van der Waals surface area contributed by atoms with Crippen LogP contribution in [0.4, 0.5) is 15.8 Å². The number of imidazole rings is 1. The number of likely N-dealkylation sites (N-methyl/N-ethyl adjacent to an activating group) is 1. The lowest BCUT2D eigenvalue weighted by Crippen LogP contribution is -2.44. The highest BCUT2D eigenvalue weighted by Crippen LogP contribution is 2.35. The zero-order chi connectivity index (χ0) is 27.9. The van der Waals surface area contributed by atoms with E-state index in [1.807, 2.05) is 12.1 Å². The van der Waals surface area contributed by atoms with Gasteiger partial charge < -0.3 is 25.2 Å². The third-order valence-corrected chi connectivity index (χ3v) is 8.53. The zero-order valence-corrected chi connectivity index (χ0v) is 23.1. The normalized spacial score (nSPS) is 17.9. The van der Waals surface area contributed by atoms with E-state index < -0.39 is 12.0 Å². The SMILES string of the molecule is CN1CCN(c2cccc3[nH]c(-c4n[nH]c5cnc(-c6cncc(NC(O)C7CCCCC7)c6)c(F)c45)nc23)CC1. The van der Waals surface area contributed by atoms with E-state index in [0.717, 1.165) is 68.6 Å². The molecule has 41 heavy (non-hydrogen) atoms. The van der Waals surface area contributed by atoms with Crippen molar-refractivity contribution in [1.82, 2.24) is 35.0 Å². The Morgan fingerprint density at radius 1 is 1.02 bits per heavy atom. The van der Waals surface area contributed by atoms with Gasteiger partial charge in [-0.1, -0.05) is 25.3 Å². The van der Waals surface area contributed by atoms with Crippen LogP contribution in [-0.4, -0.2) is 79.6 Å². The van der Waals surface area contributed by atoms with Gasteiger partial charge in [0.2, 0.25) is 0 Å². The number of anilines is 2. The molecule has 0 bridgehead atoms. The quantitative estimate of drug-likeness (QED) is 0.221. The minimum absolute atomic E-state index is 0.165. The Kier molecular flexibility index (Phi) is 6.76. The number of H-pyrrole nitrogens is 2. The zero-order valence-electron chi connectivity index (χ0n) is 23.1. The largest absolute Gasteiger partial charge is 0.374 e. The topological polar surface area (TPSA) is 122 Å². The number of halogens is 1. The summed E-state index contributed by atoms with van der Waals surface area (Å²) in [6.45, 7) is 3.83. The van der Waals surface area contributed by atoms with Crippen molar-refractivity contribution in [2.75, 3.05) is 43.4 Å². The molecule has 2 fully saturated rings. The first-order valence-corrected chi connectivity index (χ1v) is 14.4.